The highest BCUT2D eigenvalue weighted by Gasteiger charge is 2.33. The summed E-state index contributed by atoms with van der Waals surface area (Å²) in [6.07, 6.45) is 1.74. The highest BCUT2D eigenvalue weighted by atomic mass is 16.4. The van der Waals surface area contributed by atoms with Crippen LogP contribution in [0.15, 0.2) is 42.9 Å². The standard InChI is InChI=1S/C24H34N6O6/c1-13(2)19(22(33)28-18(24(35)36)10-16-11-26-12-27-16)29-23(34)20(14(3)31)30-21(32)17(25)9-15-7-5-4-6-8-15/h4-8,11-14,17-20,31H,9-10,25H2,1-3H3,(H,26,27)(H,28,33)(H,29,34)(H,30,32)(H,35,36). The van der Waals surface area contributed by atoms with E-state index in [1.54, 1.807) is 13.8 Å². The number of carboxylic acids is 1. The number of hydrogen-bond donors (Lipinski definition) is 7. The first kappa shape index (κ1) is 28.5. The number of hydrogen-bond acceptors (Lipinski definition) is 7. The summed E-state index contributed by atoms with van der Waals surface area (Å²) >= 11 is 0. The highest BCUT2D eigenvalue weighted by Crippen LogP contribution is 2.07. The van der Waals surface area contributed by atoms with Gasteiger partial charge < -0.3 is 36.9 Å². The first-order valence-electron chi connectivity index (χ1n) is 11.6. The number of aromatic amines is 1. The molecule has 1 aromatic carbocycles. The molecule has 3 amide bonds. The summed E-state index contributed by atoms with van der Waals surface area (Å²) in [7, 11) is 0. The van der Waals surface area contributed by atoms with Crippen LogP contribution in [0.5, 0.6) is 0 Å². The molecule has 12 nitrogen and oxygen atoms in total. The molecule has 0 aliphatic heterocycles. The predicted molar refractivity (Wildman–Crippen MR) is 130 cm³/mol. The Morgan fingerprint density at radius 3 is 2.08 bits per heavy atom. The molecular formula is C24H34N6O6. The molecule has 5 unspecified atom stereocenters. The lowest BCUT2D eigenvalue weighted by Crippen LogP contribution is -2.61. The maximum atomic E-state index is 13.0. The molecule has 196 valence electrons. The topological polar surface area (TPSA) is 200 Å². The minimum absolute atomic E-state index is 0.0362. The van der Waals surface area contributed by atoms with Crippen LogP contribution in [-0.4, -0.2) is 74.1 Å². The van der Waals surface area contributed by atoms with E-state index in [2.05, 4.69) is 25.9 Å². The molecule has 8 N–H and O–H groups in total. The molecule has 0 radical (unpaired) electrons. The van der Waals surface area contributed by atoms with Crippen molar-refractivity contribution in [1.29, 1.82) is 0 Å². The smallest absolute Gasteiger partial charge is 0.326 e. The van der Waals surface area contributed by atoms with E-state index in [9.17, 15) is 29.4 Å². The number of H-pyrrole nitrogens is 1. The number of nitrogens with two attached hydrogens (primary N) is 1. The molecule has 0 saturated heterocycles. The van der Waals surface area contributed by atoms with Crippen molar-refractivity contribution < 1.29 is 29.4 Å². The van der Waals surface area contributed by atoms with Gasteiger partial charge in [0.25, 0.3) is 0 Å². The van der Waals surface area contributed by atoms with Crippen molar-refractivity contribution in [2.45, 2.75) is 63.9 Å². The number of benzene rings is 1. The number of rotatable bonds is 13. The normalized spacial score (nSPS) is 15.3. The van der Waals surface area contributed by atoms with Crippen LogP contribution < -0.4 is 21.7 Å². The second-order valence-corrected chi connectivity index (χ2v) is 8.93. The number of carbonyl (C=O) groups excluding carboxylic acids is 3. The molecule has 2 aromatic rings. The molecular weight excluding hydrogens is 468 g/mol. The maximum absolute atomic E-state index is 13.0. The Labute approximate surface area is 209 Å². The lowest BCUT2D eigenvalue weighted by atomic mass is 10.0. The molecule has 5 atom stereocenters. The third kappa shape index (κ3) is 8.47. The molecule has 0 aliphatic rings. The van der Waals surface area contributed by atoms with E-state index < -0.39 is 59.9 Å². The summed E-state index contributed by atoms with van der Waals surface area (Å²) in [4.78, 5) is 56.7. The summed E-state index contributed by atoms with van der Waals surface area (Å²) in [6.45, 7) is 4.66. The van der Waals surface area contributed by atoms with Crippen LogP contribution in [0.25, 0.3) is 0 Å². The van der Waals surface area contributed by atoms with Gasteiger partial charge in [0.2, 0.25) is 17.7 Å². The fraction of sp³-hybridized carbons (Fsp3) is 0.458. The zero-order chi connectivity index (χ0) is 26.8. The number of imidazole rings is 1. The van der Waals surface area contributed by atoms with Crippen LogP contribution in [0, 0.1) is 5.92 Å². The van der Waals surface area contributed by atoms with Crippen molar-refractivity contribution in [2.24, 2.45) is 11.7 Å². The van der Waals surface area contributed by atoms with Crippen molar-refractivity contribution in [1.82, 2.24) is 25.9 Å². The molecule has 0 spiro atoms. The van der Waals surface area contributed by atoms with E-state index in [4.69, 9.17) is 5.73 Å². The quantitative estimate of drug-likeness (QED) is 0.183. The van der Waals surface area contributed by atoms with Crippen molar-refractivity contribution in [3.8, 4) is 0 Å². The number of aliphatic hydroxyl groups is 1. The summed E-state index contributed by atoms with van der Waals surface area (Å²) in [5.41, 5.74) is 7.32. The van der Waals surface area contributed by atoms with Crippen LogP contribution in [0.1, 0.15) is 32.0 Å². The van der Waals surface area contributed by atoms with Gasteiger partial charge in [0, 0.05) is 18.3 Å². The van der Waals surface area contributed by atoms with E-state index in [1.165, 1.54) is 19.4 Å². The van der Waals surface area contributed by atoms with Crippen molar-refractivity contribution in [3.05, 3.63) is 54.1 Å². The van der Waals surface area contributed by atoms with Crippen LogP contribution in [0.4, 0.5) is 0 Å². The molecule has 36 heavy (non-hydrogen) atoms. The molecule has 12 heteroatoms. The number of nitrogens with zero attached hydrogens (tertiary/aromatic N) is 1. The Hall–Kier alpha value is -3.77. The van der Waals surface area contributed by atoms with Crippen molar-refractivity contribution in [2.75, 3.05) is 0 Å². The van der Waals surface area contributed by atoms with Gasteiger partial charge in [0.1, 0.15) is 18.1 Å². The maximum Gasteiger partial charge on any atom is 0.326 e. The predicted octanol–water partition coefficient (Wildman–Crippen LogP) is -0.902. The number of carboxylic acid groups (broad SMARTS) is 1. The lowest BCUT2D eigenvalue weighted by Gasteiger charge is -2.28. The SMILES string of the molecule is CC(C)C(NC(=O)C(NC(=O)C(N)Cc1ccccc1)C(C)O)C(=O)NC(Cc1cnc[nH]1)C(=O)O. The number of aliphatic carboxylic acids is 1. The Bertz CT molecular complexity index is 1010. The van der Waals surface area contributed by atoms with Gasteiger partial charge in [-0.15, -0.1) is 0 Å². The minimum Gasteiger partial charge on any atom is -0.480 e. The third-order valence-corrected chi connectivity index (χ3v) is 5.54. The number of aromatic nitrogens is 2. The van der Waals surface area contributed by atoms with E-state index in [1.807, 2.05) is 30.3 Å². The van der Waals surface area contributed by atoms with Crippen molar-refractivity contribution in [3.63, 3.8) is 0 Å². The third-order valence-electron chi connectivity index (χ3n) is 5.54. The van der Waals surface area contributed by atoms with Crippen LogP contribution in [0.3, 0.4) is 0 Å². The largest absolute Gasteiger partial charge is 0.480 e. The molecule has 0 bridgehead atoms. The van der Waals surface area contributed by atoms with Gasteiger partial charge in [0.05, 0.1) is 18.5 Å². The summed E-state index contributed by atoms with van der Waals surface area (Å²) in [5.74, 6) is -3.85. The van der Waals surface area contributed by atoms with Gasteiger partial charge in [-0.2, -0.15) is 0 Å². The summed E-state index contributed by atoms with van der Waals surface area (Å²) in [5, 5.41) is 27.0. The van der Waals surface area contributed by atoms with Gasteiger partial charge in [-0.1, -0.05) is 44.2 Å². The Balaban J connectivity index is 2.05. The van der Waals surface area contributed by atoms with E-state index in [-0.39, 0.29) is 12.8 Å². The van der Waals surface area contributed by atoms with Crippen LogP contribution in [-0.2, 0) is 32.0 Å². The summed E-state index contributed by atoms with van der Waals surface area (Å²) < 4.78 is 0. The average Bonchev–Trinajstić information content (AvgIpc) is 3.33. The van der Waals surface area contributed by atoms with Crippen molar-refractivity contribution >= 4 is 23.7 Å². The molecule has 0 fully saturated rings. The van der Waals surface area contributed by atoms with Gasteiger partial charge >= 0.3 is 5.97 Å². The fourth-order valence-corrected chi connectivity index (χ4v) is 3.48. The van der Waals surface area contributed by atoms with Gasteiger partial charge in [-0.05, 0) is 24.8 Å². The van der Waals surface area contributed by atoms with Gasteiger partial charge in [0.15, 0.2) is 0 Å². The molecule has 1 aromatic heterocycles. The monoisotopic (exact) mass is 502 g/mol. The first-order chi connectivity index (χ1) is 17.0. The van der Waals surface area contributed by atoms with Crippen LogP contribution >= 0.6 is 0 Å². The van der Waals surface area contributed by atoms with E-state index >= 15 is 0 Å². The van der Waals surface area contributed by atoms with E-state index in [0.29, 0.717) is 5.69 Å². The Morgan fingerprint density at radius 2 is 1.56 bits per heavy atom. The second kappa shape index (κ2) is 13.4. The Kier molecular flexibility index (Phi) is 10.6. The number of carbonyl (C=O) groups is 4. The molecule has 1 heterocycles. The van der Waals surface area contributed by atoms with Gasteiger partial charge in [-0.3, -0.25) is 14.4 Å². The zero-order valence-corrected chi connectivity index (χ0v) is 20.5. The molecule has 2 rings (SSSR count). The summed E-state index contributed by atoms with van der Waals surface area (Å²) in [6, 6.07) is 4.35. The minimum atomic E-state index is -1.38. The molecule has 0 aliphatic carbocycles. The van der Waals surface area contributed by atoms with Gasteiger partial charge in [-0.25, -0.2) is 9.78 Å². The average molecular weight is 503 g/mol. The zero-order valence-electron chi connectivity index (χ0n) is 20.5. The van der Waals surface area contributed by atoms with Crippen LogP contribution in [0.2, 0.25) is 0 Å². The highest BCUT2D eigenvalue weighted by molar-refractivity contribution is 5.94. The number of aliphatic hydroxyl groups excluding tert-OH is 1. The van der Waals surface area contributed by atoms with E-state index in [0.717, 1.165) is 5.56 Å². The Morgan fingerprint density at radius 1 is 0.944 bits per heavy atom. The first-order valence-corrected chi connectivity index (χ1v) is 11.6. The second-order valence-electron chi connectivity index (χ2n) is 8.93. The lowest BCUT2D eigenvalue weighted by molar-refractivity contribution is -0.142. The number of nitrogens with one attached hydrogen (secondary N) is 4. The number of amides is 3. The fourth-order valence-electron chi connectivity index (χ4n) is 3.48. The molecule has 0 saturated carbocycles.